The molecule has 0 aromatic heterocycles. The molecule has 0 aliphatic carbocycles. The number of hydrogen-bond donors (Lipinski definition) is 1. The van der Waals surface area contributed by atoms with Crippen molar-refractivity contribution < 1.29 is 57.0 Å². The minimum Gasteiger partial charge on any atom is -0.481 e. The Balaban J connectivity index is 3.20. The molecule has 0 spiro atoms. The SMILES string of the molecule is CC(C)(C)[Si](C)(C)OCCOCCOCCOCCOCCOCCOCCOCCOC(=O)CCCCC(=O)O. The highest BCUT2D eigenvalue weighted by atomic mass is 28.4. The maximum absolute atomic E-state index is 11.5. The van der Waals surface area contributed by atoms with Crippen molar-refractivity contribution in [2.75, 3.05) is 106 Å². The Labute approximate surface area is 247 Å². The van der Waals surface area contributed by atoms with Gasteiger partial charge in [-0.2, -0.15) is 0 Å². The Morgan fingerprint density at radius 1 is 0.537 bits per heavy atom. The van der Waals surface area contributed by atoms with E-state index in [1.165, 1.54) is 0 Å². The first-order valence-corrected chi connectivity index (χ1v) is 17.5. The third-order valence-corrected chi connectivity index (χ3v) is 10.8. The lowest BCUT2D eigenvalue weighted by Gasteiger charge is -2.36. The van der Waals surface area contributed by atoms with Crippen LogP contribution < -0.4 is 0 Å². The molecular weight excluding hydrogens is 556 g/mol. The van der Waals surface area contributed by atoms with Crippen LogP contribution in [0.25, 0.3) is 0 Å². The monoisotopic (exact) mass is 612 g/mol. The lowest BCUT2D eigenvalue weighted by Crippen LogP contribution is -2.41. The van der Waals surface area contributed by atoms with Crippen LogP contribution in [0.3, 0.4) is 0 Å². The van der Waals surface area contributed by atoms with Gasteiger partial charge in [0.1, 0.15) is 6.61 Å². The molecule has 0 aliphatic heterocycles. The summed E-state index contributed by atoms with van der Waals surface area (Å²) < 4.78 is 49.2. The average Bonchev–Trinajstić information content (AvgIpc) is 2.90. The van der Waals surface area contributed by atoms with E-state index in [4.69, 9.17) is 47.4 Å². The second kappa shape index (κ2) is 26.5. The number of carboxylic acids is 1. The highest BCUT2D eigenvalue weighted by Gasteiger charge is 2.36. The second-order valence-electron chi connectivity index (χ2n) is 10.7. The summed E-state index contributed by atoms with van der Waals surface area (Å²) in [5.74, 6) is -1.20. The van der Waals surface area contributed by atoms with Crippen LogP contribution in [0.5, 0.6) is 0 Å². The molecule has 1 N–H and O–H groups in total. The number of aliphatic carboxylic acids is 1. The van der Waals surface area contributed by atoms with E-state index in [0.29, 0.717) is 105 Å². The van der Waals surface area contributed by atoms with Gasteiger partial charge in [-0.15, -0.1) is 0 Å². The van der Waals surface area contributed by atoms with Crippen molar-refractivity contribution in [3.8, 4) is 0 Å². The van der Waals surface area contributed by atoms with Crippen LogP contribution >= 0.6 is 0 Å². The Morgan fingerprint density at radius 2 is 0.854 bits per heavy atom. The smallest absolute Gasteiger partial charge is 0.305 e. The molecule has 244 valence electrons. The fraction of sp³-hybridized carbons (Fsp3) is 0.929. The third-order valence-electron chi connectivity index (χ3n) is 6.24. The van der Waals surface area contributed by atoms with Crippen LogP contribution in [0.2, 0.25) is 18.1 Å². The fourth-order valence-electron chi connectivity index (χ4n) is 2.83. The van der Waals surface area contributed by atoms with Crippen LogP contribution in [0.15, 0.2) is 0 Å². The molecule has 0 fully saturated rings. The highest BCUT2D eigenvalue weighted by Crippen LogP contribution is 2.36. The quantitative estimate of drug-likeness (QED) is 0.0724. The average molecular weight is 613 g/mol. The van der Waals surface area contributed by atoms with Crippen molar-refractivity contribution in [2.24, 2.45) is 0 Å². The number of esters is 1. The predicted molar refractivity (Wildman–Crippen MR) is 156 cm³/mol. The molecule has 0 saturated carbocycles. The molecule has 0 saturated heterocycles. The Bertz CT molecular complexity index is 628. The van der Waals surface area contributed by atoms with Gasteiger partial charge in [-0.25, -0.2) is 0 Å². The molecule has 0 rings (SSSR count). The van der Waals surface area contributed by atoms with Crippen LogP contribution in [-0.2, 0) is 51.9 Å². The molecule has 13 heteroatoms. The van der Waals surface area contributed by atoms with Crippen LogP contribution in [0.1, 0.15) is 46.5 Å². The molecule has 0 aliphatic rings. The molecule has 0 unspecified atom stereocenters. The van der Waals surface area contributed by atoms with Gasteiger partial charge >= 0.3 is 11.9 Å². The van der Waals surface area contributed by atoms with E-state index >= 15 is 0 Å². The van der Waals surface area contributed by atoms with Gasteiger partial charge in [0.15, 0.2) is 8.32 Å². The Kier molecular flexibility index (Phi) is 25.7. The molecular formula is C28H56O12Si. The molecule has 0 heterocycles. The van der Waals surface area contributed by atoms with E-state index in [0.717, 1.165) is 0 Å². The molecule has 0 radical (unpaired) electrons. The molecule has 41 heavy (non-hydrogen) atoms. The predicted octanol–water partition coefficient (Wildman–Crippen LogP) is 3.31. The summed E-state index contributed by atoms with van der Waals surface area (Å²) in [6, 6.07) is 0. The number of rotatable bonds is 30. The Hall–Kier alpha value is -1.16. The van der Waals surface area contributed by atoms with Gasteiger partial charge in [0.25, 0.3) is 0 Å². The van der Waals surface area contributed by atoms with Gasteiger partial charge in [-0.05, 0) is 31.0 Å². The van der Waals surface area contributed by atoms with Gasteiger partial charge in [-0.3, -0.25) is 9.59 Å². The number of carbonyl (C=O) groups excluding carboxylic acids is 1. The maximum Gasteiger partial charge on any atom is 0.305 e. The van der Waals surface area contributed by atoms with Crippen LogP contribution in [-0.4, -0.2) is 131 Å². The van der Waals surface area contributed by atoms with Crippen molar-refractivity contribution in [2.45, 2.75) is 64.6 Å². The molecule has 0 aromatic carbocycles. The summed E-state index contributed by atoms with van der Waals surface area (Å²) in [5, 5.41) is 8.75. The zero-order chi connectivity index (χ0) is 30.7. The third kappa shape index (κ3) is 27.4. The summed E-state index contributed by atoms with van der Waals surface area (Å²) in [6.07, 6.45) is 1.25. The topological polar surface area (TPSA) is 137 Å². The summed E-state index contributed by atoms with van der Waals surface area (Å²) >= 11 is 0. The van der Waals surface area contributed by atoms with Crippen molar-refractivity contribution in [3.63, 3.8) is 0 Å². The minimum absolute atomic E-state index is 0.0643. The van der Waals surface area contributed by atoms with Crippen molar-refractivity contribution in [1.29, 1.82) is 0 Å². The number of carbonyl (C=O) groups is 2. The van der Waals surface area contributed by atoms with Crippen LogP contribution in [0.4, 0.5) is 0 Å². The minimum atomic E-state index is -1.70. The van der Waals surface area contributed by atoms with E-state index in [1.807, 2.05) is 0 Å². The first-order valence-electron chi connectivity index (χ1n) is 14.6. The lowest BCUT2D eigenvalue weighted by atomic mass is 10.2. The molecule has 0 bridgehead atoms. The molecule has 0 atom stereocenters. The second-order valence-corrected chi connectivity index (χ2v) is 15.5. The van der Waals surface area contributed by atoms with E-state index in [1.54, 1.807) is 0 Å². The normalized spacial score (nSPS) is 12.1. The number of carboxylic acid groups (broad SMARTS) is 1. The number of hydrogen-bond acceptors (Lipinski definition) is 11. The summed E-state index contributed by atoms with van der Waals surface area (Å²) in [4.78, 5) is 21.9. The highest BCUT2D eigenvalue weighted by molar-refractivity contribution is 6.74. The number of ether oxygens (including phenoxy) is 8. The van der Waals surface area contributed by atoms with Crippen molar-refractivity contribution in [3.05, 3.63) is 0 Å². The first-order chi connectivity index (χ1) is 19.6. The standard InChI is InChI=1S/C28H56O12Si/c1-28(2,3)41(4,5)40-25-23-38-21-19-36-17-15-34-13-11-32-10-12-33-14-16-35-18-20-37-22-24-39-27(31)9-7-6-8-26(29)30/h6-25H2,1-5H3,(H,29,30). The van der Waals surface area contributed by atoms with Gasteiger partial charge in [0.2, 0.25) is 0 Å². The molecule has 0 amide bonds. The maximum atomic E-state index is 11.5. The largest absolute Gasteiger partial charge is 0.481 e. The molecule has 0 aromatic rings. The van der Waals surface area contributed by atoms with E-state index < -0.39 is 14.3 Å². The van der Waals surface area contributed by atoms with Crippen molar-refractivity contribution >= 4 is 20.3 Å². The van der Waals surface area contributed by atoms with Gasteiger partial charge < -0.3 is 47.4 Å². The summed E-state index contributed by atoms with van der Waals surface area (Å²) in [5.41, 5.74) is 0. The van der Waals surface area contributed by atoms with E-state index in [9.17, 15) is 9.59 Å². The fourth-order valence-corrected chi connectivity index (χ4v) is 3.85. The van der Waals surface area contributed by atoms with E-state index in [2.05, 4.69) is 33.9 Å². The van der Waals surface area contributed by atoms with E-state index in [-0.39, 0.29) is 37.1 Å². The lowest BCUT2D eigenvalue weighted by molar-refractivity contribution is -0.146. The van der Waals surface area contributed by atoms with Gasteiger partial charge in [0, 0.05) is 12.8 Å². The van der Waals surface area contributed by atoms with Crippen LogP contribution in [0, 0.1) is 0 Å². The van der Waals surface area contributed by atoms with Gasteiger partial charge in [0.05, 0.1) is 99.1 Å². The van der Waals surface area contributed by atoms with Crippen molar-refractivity contribution in [1.82, 2.24) is 0 Å². The Morgan fingerprint density at radius 3 is 1.20 bits per heavy atom. The summed E-state index contributed by atoms with van der Waals surface area (Å²) in [7, 11) is -1.70. The van der Waals surface area contributed by atoms with Gasteiger partial charge in [-0.1, -0.05) is 20.8 Å². The zero-order valence-electron chi connectivity index (χ0n) is 26.1. The zero-order valence-corrected chi connectivity index (χ0v) is 27.1. The first kappa shape index (κ1) is 39.8. The summed E-state index contributed by atoms with van der Waals surface area (Å²) in [6.45, 7) is 18.6. The molecule has 12 nitrogen and oxygen atoms in total. The number of unbranched alkanes of at least 4 members (excludes halogenated alkanes) is 1.